The van der Waals surface area contributed by atoms with Gasteiger partial charge in [0.15, 0.2) is 17.6 Å². The van der Waals surface area contributed by atoms with Crippen molar-refractivity contribution in [3.63, 3.8) is 0 Å². The first-order valence-electron chi connectivity index (χ1n) is 7.62. The molecule has 3 rings (SSSR count). The Morgan fingerprint density at radius 2 is 1.92 bits per heavy atom. The number of carbonyl (C=O) groups is 2. The Labute approximate surface area is 144 Å². The van der Waals surface area contributed by atoms with Crippen LogP contribution < -0.4 is 19.5 Å². The number of rotatable bonds is 5. The van der Waals surface area contributed by atoms with Gasteiger partial charge in [0.2, 0.25) is 6.79 Å². The molecule has 1 N–H and O–H groups in total. The molecule has 1 amide bonds. The Morgan fingerprint density at radius 3 is 2.72 bits per heavy atom. The molecule has 130 valence electrons. The highest BCUT2D eigenvalue weighted by Gasteiger charge is 2.21. The van der Waals surface area contributed by atoms with Gasteiger partial charge in [0, 0.05) is 11.8 Å². The van der Waals surface area contributed by atoms with Crippen LogP contribution in [0.2, 0.25) is 0 Å². The Bertz CT molecular complexity index is 804. The average Bonchev–Trinajstić information content (AvgIpc) is 3.09. The number of carbonyl (C=O) groups excluding carboxylic acids is 2. The van der Waals surface area contributed by atoms with E-state index >= 15 is 0 Å². The van der Waals surface area contributed by atoms with Gasteiger partial charge in [0.1, 0.15) is 5.75 Å². The first-order valence-corrected chi connectivity index (χ1v) is 7.62. The van der Waals surface area contributed by atoms with Crippen LogP contribution in [0.1, 0.15) is 17.3 Å². The van der Waals surface area contributed by atoms with Crippen molar-refractivity contribution in [3.8, 4) is 17.2 Å². The molecular formula is C18H17NO6. The van der Waals surface area contributed by atoms with E-state index in [1.165, 1.54) is 20.1 Å². The normalized spacial score (nSPS) is 13.0. The lowest BCUT2D eigenvalue weighted by molar-refractivity contribution is -0.123. The Hall–Kier alpha value is -3.22. The smallest absolute Gasteiger partial charge is 0.339 e. The van der Waals surface area contributed by atoms with E-state index < -0.39 is 18.0 Å². The minimum absolute atomic E-state index is 0.118. The molecule has 0 saturated carbocycles. The highest BCUT2D eigenvalue weighted by molar-refractivity contribution is 5.97. The molecule has 1 aliphatic rings. The van der Waals surface area contributed by atoms with Gasteiger partial charge in [-0.05, 0) is 37.3 Å². The van der Waals surface area contributed by atoms with Crippen LogP contribution >= 0.6 is 0 Å². The van der Waals surface area contributed by atoms with Crippen LogP contribution in [0, 0.1) is 0 Å². The zero-order chi connectivity index (χ0) is 17.8. The average molecular weight is 343 g/mol. The molecule has 0 aliphatic carbocycles. The van der Waals surface area contributed by atoms with Crippen LogP contribution in [0.25, 0.3) is 0 Å². The third kappa shape index (κ3) is 3.82. The van der Waals surface area contributed by atoms with Crippen LogP contribution in [-0.2, 0) is 9.53 Å². The van der Waals surface area contributed by atoms with Crippen LogP contribution in [0.4, 0.5) is 5.69 Å². The lowest BCUT2D eigenvalue weighted by Gasteiger charge is -2.14. The Morgan fingerprint density at radius 1 is 1.12 bits per heavy atom. The zero-order valence-electron chi connectivity index (χ0n) is 13.8. The van der Waals surface area contributed by atoms with Gasteiger partial charge in [-0.25, -0.2) is 4.79 Å². The van der Waals surface area contributed by atoms with E-state index in [1.807, 2.05) is 0 Å². The number of esters is 1. The maximum atomic E-state index is 12.2. The maximum Gasteiger partial charge on any atom is 0.339 e. The highest BCUT2D eigenvalue weighted by Crippen LogP contribution is 2.32. The van der Waals surface area contributed by atoms with Crippen molar-refractivity contribution in [2.75, 3.05) is 19.2 Å². The molecule has 1 atom stereocenters. The lowest BCUT2D eigenvalue weighted by atomic mass is 10.2. The summed E-state index contributed by atoms with van der Waals surface area (Å²) < 4.78 is 20.7. The maximum absolute atomic E-state index is 12.2. The first kappa shape index (κ1) is 16.6. The van der Waals surface area contributed by atoms with E-state index in [-0.39, 0.29) is 12.4 Å². The second-order valence-electron chi connectivity index (χ2n) is 5.34. The molecule has 0 fully saturated rings. The minimum Gasteiger partial charge on any atom is -0.497 e. The van der Waals surface area contributed by atoms with Crippen LogP contribution in [-0.4, -0.2) is 31.9 Å². The van der Waals surface area contributed by atoms with Crippen molar-refractivity contribution in [2.45, 2.75) is 13.0 Å². The molecular weight excluding hydrogens is 326 g/mol. The molecule has 0 aromatic heterocycles. The number of nitrogens with one attached hydrogen (secondary N) is 1. The van der Waals surface area contributed by atoms with Gasteiger partial charge in [-0.15, -0.1) is 0 Å². The molecule has 7 heteroatoms. The summed E-state index contributed by atoms with van der Waals surface area (Å²) in [6.07, 6.45) is -0.968. The molecule has 1 heterocycles. The summed E-state index contributed by atoms with van der Waals surface area (Å²) >= 11 is 0. The zero-order valence-corrected chi connectivity index (χ0v) is 13.8. The molecule has 0 saturated heterocycles. The number of methoxy groups -OCH3 is 1. The van der Waals surface area contributed by atoms with Crippen LogP contribution in [0.3, 0.4) is 0 Å². The summed E-state index contributed by atoms with van der Waals surface area (Å²) in [4.78, 5) is 24.4. The van der Waals surface area contributed by atoms with E-state index in [2.05, 4.69) is 5.32 Å². The summed E-state index contributed by atoms with van der Waals surface area (Å²) in [7, 11) is 1.54. The summed E-state index contributed by atoms with van der Waals surface area (Å²) in [5, 5.41) is 2.67. The van der Waals surface area contributed by atoms with Crippen LogP contribution in [0.5, 0.6) is 17.2 Å². The molecule has 0 radical (unpaired) electrons. The molecule has 0 bridgehead atoms. The number of benzene rings is 2. The number of ether oxygens (including phenoxy) is 4. The SMILES string of the molecule is COc1cccc(NC(=O)[C@H](C)OC(=O)c2ccc3c(c2)OCO3)c1. The van der Waals surface area contributed by atoms with Gasteiger partial charge in [0.05, 0.1) is 12.7 Å². The molecule has 2 aromatic rings. The van der Waals surface area contributed by atoms with Gasteiger partial charge in [0.25, 0.3) is 5.91 Å². The van der Waals surface area contributed by atoms with E-state index in [0.717, 1.165) is 0 Å². The molecule has 25 heavy (non-hydrogen) atoms. The number of fused-ring (bicyclic) bond motifs is 1. The fraction of sp³-hybridized carbons (Fsp3) is 0.222. The van der Waals surface area contributed by atoms with Crippen molar-refractivity contribution in [1.82, 2.24) is 0 Å². The molecule has 0 spiro atoms. The van der Waals surface area contributed by atoms with Crippen molar-refractivity contribution in [3.05, 3.63) is 48.0 Å². The van der Waals surface area contributed by atoms with Crippen molar-refractivity contribution in [1.29, 1.82) is 0 Å². The topological polar surface area (TPSA) is 83.1 Å². The summed E-state index contributed by atoms with van der Waals surface area (Å²) in [6.45, 7) is 1.62. The fourth-order valence-electron chi connectivity index (χ4n) is 2.25. The quantitative estimate of drug-likeness (QED) is 0.840. The number of hydrogen-bond donors (Lipinski definition) is 1. The van der Waals surface area contributed by atoms with E-state index in [4.69, 9.17) is 18.9 Å². The van der Waals surface area contributed by atoms with Gasteiger partial charge in [-0.1, -0.05) is 6.07 Å². The lowest BCUT2D eigenvalue weighted by Crippen LogP contribution is -2.30. The van der Waals surface area contributed by atoms with Crippen molar-refractivity contribution < 1.29 is 28.5 Å². The number of anilines is 1. The largest absolute Gasteiger partial charge is 0.497 e. The summed E-state index contributed by atoms with van der Waals surface area (Å²) in [5.74, 6) is 0.597. The second kappa shape index (κ2) is 7.12. The van der Waals surface area contributed by atoms with Crippen molar-refractivity contribution >= 4 is 17.6 Å². The molecule has 7 nitrogen and oxygen atoms in total. The van der Waals surface area contributed by atoms with Gasteiger partial charge in [-0.3, -0.25) is 4.79 Å². The summed E-state index contributed by atoms with van der Waals surface area (Å²) in [6, 6.07) is 11.6. The minimum atomic E-state index is -0.968. The van der Waals surface area contributed by atoms with E-state index in [0.29, 0.717) is 22.9 Å². The van der Waals surface area contributed by atoms with Gasteiger partial charge < -0.3 is 24.3 Å². The third-order valence-corrected chi connectivity index (χ3v) is 3.60. The predicted octanol–water partition coefficient (Wildman–Crippen LogP) is 2.61. The second-order valence-corrected chi connectivity index (χ2v) is 5.34. The predicted molar refractivity (Wildman–Crippen MR) is 89.1 cm³/mol. The molecule has 1 aliphatic heterocycles. The van der Waals surface area contributed by atoms with Gasteiger partial charge >= 0.3 is 5.97 Å². The van der Waals surface area contributed by atoms with Gasteiger partial charge in [-0.2, -0.15) is 0 Å². The Balaban J connectivity index is 1.61. The Kier molecular flexibility index (Phi) is 4.74. The number of hydrogen-bond acceptors (Lipinski definition) is 6. The highest BCUT2D eigenvalue weighted by atomic mass is 16.7. The third-order valence-electron chi connectivity index (χ3n) is 3.60. The van der Waals surface area contributed by atoms with E-state index in [9.17, 15) is 9.59 Å². The fourth-order valence-corrected chi connectivity index (χ4v) is 2.25. The van der Waals surface area contributed by atoms with E-state index in [1.54, 1.807) is 36.4 Å². The summed E-state index contributed by atoms with van der Waals surface area (Å²) in [5.41, 5.74) is 0.834. The van der Waals surface area contributed by atoms with Crippen molar-refractivity contribution in [2.24, 2.45) is 0 Å². The standard InChI is InChI=1S/C18H17NO6/c1-11(17(20)19-13-4-3-5-14(9-13)22-2)25-18(21)12-6-7-15-16(8-12)24-10-23-15/h3-9,11H,10H2,1-2H3,(H,19,20)/t11-/m0/s1. The first-order chi connectivity index (χ1) is 12.1. The monoisotopic (exact) mass is 343 g/mol. The molecule has 2 aromatic carbocycles. The van der Waals surface area contributed by atoms with Crippen LogP contribution in [0.15, 0.2) is 42.5 Å². The molecule has 0 unspecified atom stereocenters. The number of amides is 1.